The van der Waals surface area contributed by atoms with Crippen molar-refractivity contribution in [3.05, 3.63) is 85.1 Å². The Hall–Kier alpha value is -3.41. The van der Waals surface area contributed by atoms with Gasteiger partial charge in [0, 0.05) is 19.3 Å². The van der Waals surface area contributed by atoms with Gasteiger partial charge in [0.2, 0.25) is 0 Å². The van der Waals surface area contributed by atoms with Crippen LogP contribution in [0.1, 0.15) is 265 Å². The SMILES string of the molecule is CCCCC/C=C\C/C=C\C/C=C\C/C=C\CCCC(=O)OC[C@H](COC(=O)CCCCCC/C=C\C/C=C\C/C=C\CCCCC)OC(=O)CCCCCCCCCCCCCCCCC. The van der Waals surface area contributed by atoms with E-state index in [9.17, 15) is 14.4 Å². The largest absolute Gasteiger partial charge is 0.462 e. The first-order valence-electron chi connectivity index (χ1n) is 28.1. The summed E-state index contributed by atoms with van der Waals surface area (Å²) in [4.78, 5) is 38.1. The molecule has 0 aliphatic carbocycles. The number of esters is 3. The number of hydrogen-bond acceptors (Lipinski definition) is 6. The quantitative estimate of drug-likeness (QED) is 0.0262. The fourth-order valence-corrected chi connectivity index (χ4v) is 7.62. The number of unbranched alkanes of at least 4 members (excludes halogenated alkanes) is 25. The molecule has 0 spiro atoms. The summed E-state index contributed by atoms with van der Waals surface area (Å²) >= 11 is 0. The van der Waals surface area contributed by atoms with Crippen molar-refractivity contribution in [2.24, 2.45) is 0 Å². The normalized spacial score (nSPS) is 12.7. The van der Waals surface area contributed by atoms with E-state index >= 15 is 0 Å². The van der Waals surface area contributed by atoms with Crippen LogP contribution in [-0.4, -0.2) is 37.2 Å². The number of carbonyl (C=O) groups excluding carboxylic acids is 3. The van der Waals surface area contributed by atoms with Gasteiger partial charge in [-0.25, -0.2) is 0 Å². The lowest BCUT2D eigenvalue weighted by Gasteiger charge is -2.18. The van der Waals surface area contributed by atoms with Crippen LogP contribution in [0, 0.1) is 0 Å². The summed E-state index contributed by atoms with van der Waals surface area (Å²) in [7, 11) is 0. The van der Waals surface area contributed by atoms with E-state index in [0.717, 1.165) is 89.9 Å². The Bertz CT molecular complexity index is 1300. The summed E-state index contributed by atoms with van der Waals surface area (Å²) < 4.78 is 16.8. The topological polar surface area (TPSA) is 78.9 Å². The van der Waals surface area contributed by atoms with Gasteiger partial charge >= 0.3 is 17.9 Å². The van der Waals surface area contributed by atoms with Gasteiger partial charge in [0.25, 0.3) is 0 Å². The number of hydrogen-bond donors (Lipinski definition) is 0. The van der Waals surface area contributed by atoms with Crippen molar-refractivity contribution in [2.75, 3.05) is 13.2 Å². The second-order valence-corrected chi connectivity index (χ2v) is 18.5. The van der Waals surface area contributed by atoms with E-state index in [2.05, 4.69) is 106 Å². The molecule has 0 aliphatic rings. The van der Waals surface area contributed by atoms with Gasteiger partial charge in [0.15, 0.2) is 6.10 Å². The molecule has 6 nitrogen and oxygen atoms in total. The number of allylic oxidation sites excluding steroid dienone is 14. The molecule has 0 saturated carbocycles. The zero-order valence-corrected chi connectivity index (χ0v) is 43.9. The van der Waals surface area contributed by atoms with Gasteiger partial charge in [0.05, 0.1) is 0 Å². The Labute approximate surface area is 414 Å². The fourth-order valence-electron chi connectivity index (χ4n) is 7.62. The van der Waals surface area contributed by atoms with Crippen molar-refractivity contribution in [3.63, 3.8) is 0 Å². The molecule has 0 aromatic carbocycles. The van der Waals surface area contributed by atoms with Crippen molar-refractivity contribution in [3.8, 4) is 0 Å². The molecule has 0 radical (unpaired) electrons. The van der Waals surface area contributed by atoms with E-state index < -0.39 is 6.10 Å². The van der Waals surface area contributed by atoms with E-state index in [1.165, 1.54) is 128 Å². The van der Waals surface area contributed by atoms with Crippen molar-refractivity contribution >= 4 is 17.9 Å². The molecule has 0 saturated heterocycles. The highest BCUT2D eigenvalue weighted by atomic mass is 16.6. The Morgan fingerprint density at radius 1 is 0.299 bits per heavy atom. The summed E-state index contributed by atoms with van der Waals surface area (Å²) in [5, 5.41) is 0. The van der Waals surface area contributed by atoms with Gasteiger partial charge in [-0.1, -0.05) is 234 Å². The summed E-state index contributed by atoms with van der Waals surface area (Å²) in [6.07, 6.45) is 71.4. The van der Waals surface area contributed by atoms with Crippen LogP contribution < -0.4 is 0 Å². The van der Waals surface area contributed by atoms with E-state index in [4.69, 9.17) is 14.2 Å². The van der Waals surface area contributed by atoms with Crippen molar-refractivity contribution in [1.29, 1.82) is 0 Å². The smallest absolute Gasteiger partial charge is 0.306 e. The molecule has 0 heterocycles. The zero-order chi connectivity index (χ0) is 48.6. The number of ether oxygens (including phenoxy) is 3. The molecule has 6 heteroatoms. The van der Waals surface area contributed by atoms with Crippen LogP contribution in [-0.2, 0) is 28.6 Å². The maximum Gasteiger partial charge on any atom is 0.306 e. The highest BCUT2D eigenvalue weighted by Gasteiger charge is 2.19. The van der Waals surface area contributed by atoms with Crippen molar-refractivity contribution in [2.45, 2.75) is 271 Å². The van der Waals surface area contributed by atoms with Crippen LogP contribution in [0.15, 0.2) is 85.1 Å². The van der Waals surface area contributed by atoms with E-state index in [0.29, 0.717) is 19.3 Å². The molecule has 67 heavy (non-hydrogen) atoms. The third-order valence-electron chi connectivity index (χ3n) is 11.9. The van der Waals surface area contributed by atoms with Crippen LogP contribution >= 0.6 is 0 Å². The third-order valence-corrected chi connectivity index (χ3v) is 11.9. The molecular weight excluding hydrogens is 829 g/mol. The molecule has 0 fully saturated rings. The second kappa shape index (κ2) is 55.2. The van der Waals surface area contributed by atoms with E-state index in [-0.39, 0.29) is 37.5 Å². The van der Waals surface area contributed by atoms with Crippen LogP contribution in [0.5, 0.6) is 0 Å². The zero-order valence-electron chi connectivity index (χ0n) is 43.9. The minimum Gasteiger partial charge on any atom is -0.462 e. The highest BCUT2D eigenvalue weighted by molar-refractivity contribution is 5.71. The Kier molecular flexibility index (Phi) is 52.4. The van der Waals surface area contributed by atoms with Crippen LogP contribution in [0.4, 0.5) is 0 Å². The fraction of sp³-hybridized carbons (Fsp3) is 0.721. The van der Waals surface area contributed by atoms with Gasteiger partial charge < -0.3 is 14.2 Å². The summed E-state index contributed by atoms with van der Waals surface area (Å²) in [5.74, 6) is -0.975. The molecule has 384 valence electrons. The maximum atomic E-state index is 12.8. The van der Waals surface area contributed by atoms with Gasteiger partial charge in [0.1, 0.15) is 13.2 Å². The second-order valence-electron chi connectivity index (χ2n) is 18.5. The van der Waals surface area contributed by atoms with E-state index in [1.807, 2.05) is 0 Å². The molecule has 0 amide bonds. The molecule has 0 N–H and O–H groups in total. The van der Waals surface area contributed by atoms with Crippen LogP contribution in [0.3, 0.4) is 0 Å². The van der Waals surface area contributed by atoms with Crippen molar-refractivity contribution < 1.29 is 28.6 Å². The molecule has 0 rings (SSSR count). The summed E-state index contributed by atoms with van der Waals surface area (Å²) in [6.45, 7) is 6.53. The Morgan fingerprint density at radius 3 is 0.925 bits per heavy atom. The average molecular weight is 933 g/mol. The third kappa shape index (κ3) is 53.4. The predicted octanol–water partition coefficient (Wildman–Crippen LogP) is 18.8. The van der Waals surface area contributed by atoms with Gasteiger partial charge in [-0.05, 0) is 96.3 Å². The first-order valence-corrected chi connectivity index (χ1v) is 28.1. The molecular formula is C61H104O6. The maximum absolute atomic E-state index is 12.8. The van der Waals surface area contributed by atoms with Gasteiger partial charge in [-0.3, -0.25) is 14.4 Å². The lowest BCUT2D eigenvalue weighted by Crippen LogP contribution is -2.30. The standard InChI is InChI=1S/C61H104O6/c1-4-7-10-13-16-19-22-25-28-30-33-35-38-41-44-47-50-53-59(62)65-56-58(67-61(64)55-52-49-46-43-40-37-32-27-24-21-18-15-12-9-6-3)57-66-60(63)54-51-48-45-42-39-36-34-31-29-26-23-20-17-14-11-8-5-2/h16-17,19-20,25-26,28-29,33-36,41,44,58H,4-15,18,21-24,27,30-32,37-40,42-43,45-57H2,1-3H3/b19-16-,20-17-,28-25-,29-26-,35-33-,36-34-,44-41-/t58-/m1/s1. The minimum absolute atomic E-state index is 0.104. The Balaban J connectivity index is 4.50. The highest BCUT2D eigenvalue weighted by Crippen LogP contribution is 2.15. The van der Waals surface area contributed by atoms with Gasteiger partial charge in [-0.15, -0.1) is 0 Å². The van der Waals surface area contributed by atoms with E-state index in [1.54, 1.807) is 0 Å². The summed E-state index contributed by atoms with van der Waals surface area (Å²) in [6, 6.07) is 0. The molecule has 0 aromatic heterocycles. The monoisotopic (exact) mass is 933 g/mol. The molecule has 0 bridgehead atoms. The minimum atomic E-state index is -0.807. The molecule has 0 aromatic rings. The first-order chi connectivity index (χ1) is 33.0. The van der Waals surface area contributed by atoms with Gasteiger partial charge in [-0.2, -0.15) is 0 Å². The molecule has 0 aliphatic heterocycles. The number of rotatable bonds is 50. The first kappa shape index (κ1) is 63.6. The van der Waals surface area contributed by atoms with Crippen LogP contribution in [0.2, 0.25) is 0 Å². The summed E-state index contributed by atoms with van der Waals surface area (Å²) in [5.41, 5.74) is 0. The average Bonchev–Trinajstić information content (AvgIpc) is 3.33. The van der Waals surface area contributed by atoms with Crippen molar-refractivity contribution in [1.82, 2.24) is 0 Å². The lowest BCUT2D eigenvalue weighted by molar-refractivity contribution is -0.167. The Morgan fingerprint density at radius 2 is 0.552 bits per heavy atom. The lowest BCUT2D eigenvalue weighted by atomic mass is 10.0. The predicted molar refractivity (Wildman–Crippen MR) is 288 cm³/mol. The number of carbonyl (C=O) groups is 3. The molecule has 1 atom stereocenters. The van der Waals surface area contributed by atoms with Crippen LogP contribution in [0.25, 0.3) is 0 Å². The molecule has 0 unspecified atom stereocenters.